The van der Waals surface area contributed by atoms with Crippen molar-refractivity contribution in [3.8, 4) is 23.0 Å². The number of aromatic hydroxyl groups is 4. The van der Waals surface area contributed by atoms with Crippen molar-refractivity contribution in [3.63, 3.8) is 0 Å². The van der Waals surface area contributed by atoms with Gasteiger partial charge in [0.2, 0.25) is 11.8 Å². The molecule has 78 heavy (non-hydrogen) atoms. The highest BCUT2D eigenvalue weighted by atomic mass is 16.3. The third-order valence-corrected chi connectivity index (χ3v) is 20.5. The van der Waals surface area contributed by atoms with E-state index in [1.165, 1.54) is 11.1 Å². The van der Waals surface area contributed by atoms with Crippen LogP contribution in [0, 0.1) is 13.8 Å². The number of carbonyl (C=O) groups is 2. The van der Waals surface area contributed by atoms with E-state index in [1.54, 1.807) is 0 Å². The summed E-state index contributed by atoms with van der Waals surface area (Å²) in [5.41, 5.74) is 13.2. The van der Waals surface area contributed by atoms with Crippen LogP contribution < -0.4 is 9.80 Å². The van der Waals surface area contributed by atoms with Gasteiger partial charge in [-0.05, 0) is 201 Å². The van der Waals surface area contributed by atoms with E-state index in [4.69, 9.17) is 0 Å². The van der Waals surface area contributed by atoms with Crippen molar-refractivity contribution in [1.82, 2.24) is 0 Å². The Balaban J connectivity index is 0.794. The second-order valence-corrected chi connectivity index (χ2v) is 27.5. The Morgan fingerprint density at radius 3 is 0.987 bits per heavy atom. The average molecular weight is 1040 g/mol. The lowest BCUT2D eigenvalue weighted by Crippen LogP contribution is -2.39. The highest BCUT2D eigenvalue weighted by Crippen LogP contribution is 2.67. The lowest BCUT2D eigenvalue weighted by Gasteiger charge is -2.31. The number of para-hydroxylation sites is 2. The number of amides is 2. The van der Waals surface area contributed by atoms with E-state index in [0.29, 0.717) is 24.2 Å². The van der Waals surface area contributed by atoms with Crippen molar-refractivity contribution in [2.45, 2.75) is 165 Å². The van der Waals surface area contributed by atoms with Crippen LogP contribution in [0.2, 0.25) is 0 Å². The highest BCUT2D eigenvalue weighted by Gasteiger charge is 2.60. The van der Waals surface area contributed by atoms with E-state index in [2.05, 4.69) is 79.7 Å². The fraction of sp³-hybridized carbons (Fsp3) is 0.371. The molecule has 2 amide bonds. The molecule has 0 saturated heterocycles. The second kappa shape index (κ2) is 15.7. The van der Waals surface area contributed by atoms with Crippen molar-refractivity contribution < 1.29 is 30.0 Å². The molecule has 2 aliphatic heterocycles. The van der Waals surface area contributed by atoms with Crippen molar-refractivity contribution >= 4 is 23.2 Å². The third kappa shape index (κ3) is 6.46. The van der Waals surface area contributed by atoms with Gasteiger partial charge in [0.05, 0.1) is 13.1 Å². The van der Waals surface area contributed by atoms with Gasteiger partial charge in [-0.3, -0.25) is 9.59 Å². The van der Waals surface area contributed by atoms with Gasteiger partial charge in [0.1, 0.15) is 33.8 Å². The predicted octanol–water partition coefficient (Wildman–Crippen LogP) is 14.1. The average Bonchev–Trinajstić information content (AvgIpc) is 4.12. The molecule has 8 nitrogen and oxygen atoms in total. The van der Waals surface area contributed by atoms with Crippen LogP contribution in [0.4, 0.5) is 11.4 Å². The molecular weight excluding hydrogens is 965 g/mol. The number of rotatable bonds is 6. The molecule has 4 N–H and O–H groups in total. The standard InChI is InChI=1S/C70H72N2O6/c1-39-25-45-49(29-57(39)73)69(35-63(45,3)4)37-65(7,8)47-27-53(59(75)31-51(47)69)67(11)43-17-13-15-19-55(43)71(61(67)77)33-41-21-23-42(24-22-41)34-72-56-20-16-14-18-44(56)68(12,62(72)78)54-28-48-52(32-60(54)76)70(38-66(48,9)10)36-64(5,6)46-26-40(2)58(74)30-50(46)70/h13-32,73-76H,33-38H2,1-12H3. The minimum Gasteiger partial charge on any atom is -0.508 e. The first-order chi connectivity index (χ1) is 36.6. The van der Waals surface area contributed by atoms with Crippen LogP contribution in [0.1, 0.15) is 184 Å². The van der Waals surface area contributed by atoms with Crippen LogP contribution in [-0.2, 0) is 66.0 Å². The van der Waals surface area contributed by atoms with Crippen molar-refractivity contribution in [2.75, 3.05) is 9.80 Å². The summed E-state index contributed by atoms with van der Waals surface area (Å²) in [6, 6.07) is 40.3. The van der Waals surface area contributed by atoms with Crippen LogP contribution >= 0.6 is 0 Å². The minimum atomic E-state index is -1.17. The van der Waals surface area contributed by atoms with E-state index < -0.39 is 21.7 Å². The van der Waals surface area contributed by atoms with E-state index >= 15 is 9.59 Å². The number of nitrogens with zero attached hydrogens (tertiary/aromatic N) is 2. The first-order valence-corrected chi connectivity index (χ1v) is 28.0. The maximum Gasteiger partial charge on any atom is 0.242 e. The van der Waals surface area contributed by atoms with E-state index in [0.717, 1.165) is 104 Å². The summed E-state index contributed by atoms with van der Waals surface area (Å²) in [6.45, 7) is 26.6. The zero-order chi connectivity index (χ0) is 55.4. The third-order valence-electron chi connectivity index (χ3n) is 20.5. The van der Waals surface area contributed by atoms with Gasteiger partial charge in [0.15, 0.2) is 0 Å². The molecule has 4 unspecified atom stereocenters. The number of carbonyl (C=O) groups excluding carboxylic acids is 2. The molecule has 13 rings (SSSR count). The maximum absolute atomic E-state index is 15.3. The maximum atomic E-state index is 15.3. The van der Waals surface area contributed by atoms with Crippen LogP contribution in [-0.4, -0.2) is 32.2 Å². The summed E-state index contributed by atoms with van der Waals surface area (Å²) in [7, 11) is 0. The SMILES string of the molecule is Cc1cc2c(cc1O)C1(CC2(C)C)CC(C)(C)c2cc(C3(C)C(=O)N(Cc4ccc(CN5C(=O)C(C)(c6cc7c(cc6O)C6(CC(C)(C)c8cc(C)c(O)cc86)CC7(C)C)c6ccccc65)cc4)c4ccccc43)c(O)cc21. The number of anilines is 2. The van der Waals surface area contributed by atoms with Crippen molar-refractivity contribution in [3.05, 3.63) is 210 Å². The number of hydrogen-bond donors (Lipinski definition) is 4. The summed E-state index contributed by atoms with van der Waals surface area (Å²) in [5, 5.41) is 46.8. The Labute approximate surface area is 459 Å². The molecule has 0 radical (unpaired) electrons. The fourth-order valence-electron chi connectivity index (χ4n) is 17.0. The van der Waals surface area contributed by atoms with E-state index in [1.807, 2.05) is 135 Å². The molecule has 0 saturated carbocycles. The number of benzene rings is 7. The molecule has 7 aromatic carbocycles. The predicted molar refractivity (Wildman–Crippen MR) is 309 cm³/mol. The van der Waals surface area contributed by atoms with Crippen LogP contribution in [0.5, 0.6) is 23.0 Å². The largest absolute Gasteiger partial charge is 0.508 e. The van der Waals surface area contributed by atoms with Gasteiger partial charge in [0, 0.05) is 33.3 Å². The monoisotopic (exact) mass is 1040 g/mol. The number of phenolic OH excluding ortho intramolecular Hbond substituents is 4. The van der Waals surface area contributed by atoms with E-state index in [-0.39, 0.29) is 56.5 Å². The molecule has 0 bridgehead atoms. The molecule has 2 spiro atoms. The first-order valence-electron chi connectivity index (χ1n) is 28.0. The van der Waals surface area contributed by atoms with Crippen LogP contribution in [0.15, 0.2) is 121 Å². The molecule has 8 heteroatoms. The van der Waals surface area contributed by atoms with E-state index in [9.17, 15) is 20.4 Å². The fourth-order valence-corrected chi connectivity index (χ4v) is 17.0. The zero-order valence-corrected chi connectivity index (χ0v) is 47.3. The molecule has 7 aromatic rings. The lowest BCUT2D eigenvalue weighted by atomic mass is 9.72. The Hall–Kier alpha value is -7.32. The highest BCUT2D eigenvalue weighted by molar-refractivity contribution is 6.11. The quantitative estimate of drug-likeness (QED) is 0.132. The Morgan fingerprint density at radius 1 is 0.359 bits per heavy atom. The van der Waals surface area contributed by atoms with Gasteiger partial charge in [0.25, 0.3) is 0 Å². The summed E-state index contributed by atoms with van der Waals surface area (Å²) >= 11 is 0. The molecule has 0 aromatic heterocycles. The Morgan fingerprint density at radius 2 is 0.654 bits per heavy atom. The van der Waals surface area contributed by atoms with Gasteiger partial charge in [-0.1, -0.05) is 128 Å². The topological polar surface area (TPSA) is 122 Å². The number of hydrogen-bond acceptors (Lipinski definition) is 6. The first kappa shape index (κ1) is 50.2. The van der Waals surface area contributed by atoms with Crippen LogP contribution in [0.3, 0.4) is 0 Å². The Bertz CT molecular complexity index is 3580. The van der Waals surface area contributed by atoms with Crippen LogP contribution in [0.25, 0.3) is 0 Å². The van der Waals surface area contributed by atoms with Crippen molar-refractivity contribution in [2.24, 2.45) is 0 Å². The normalized spacial score (nSPS) is 25.9. The molecule has 398 valence electrons. The summed E-state index contributed by atoms with van der Waals surface area (Å²) in [5.74, 6) is 0.542. The molecule has 4 aliphatic carbocycles. The smallest absolute Gasteiger partial charge is 0.242 e. The van der Waals surface area contributed by atoms with Gasteiger partial charge in [-0.25, -0.2) is 0 Å². The number of fused-ring (bicyclic) bond motifs is 10. The lowest BCUT2D eigenvalue weighted by molar-refractivity contribution is -0.122. The second-order valence-electron chi connectivity index (χ2n) is 27.5. The number of aryl methyl sites for hydroxylation is 2. The number of phenols is 4. The summed E-state index contributed by atoms with van der Waals surface area (Å²) < 4.78 is 0. The zero-order valence-electron chi connectivity index (χ0n) is 47.3. The van der Waals surface area contributed by atoms with Gasteiger partial charge < -0.3 is 30.2 Å². The van der Waals surface area contributed by atoms with Crippen molar-refractivity contribution in [1.29, 1.82) is 0 Å². The summed E-state index contributed by atoms with van der Waals surface area (Å²) in [6.07, 6.45) is 3.33. The molecule has 0 fully saturated rings. The minimum absolute atomic E-state index is 0.0966. The molecule has 2 heterocycles. The van der Waals surface area contributed by atoms with Gasteiger partial charge >= 0.3 is 0 Å². The van der Waals surface area contributed by atoms with Gasteiger partial charge in [-0.2, -0.15) is 0 Å². The summed E-state index contributed by atoms with van der Waals surface area (Å²) in [4.78, 5) is 34.3. The van der Waals surface area contributed by atoms with Gasteiger partial charge in [-0.15, -0.1) is 0 Å². The molecular formula is C70H72N2O6. The Kier molecular flexibility index (Phi) is 10.1. The molecule has 4 atom stereocenters. The molecule has 6 aliphatic rings.